The van der Waals surface area contributed by atoms with Gasteiger partial charge in [-0.1, -0.05) is 6.07 Å². The molecule has 1 aromatic heterocycles. The molecule has 0 amide bonds. The molecule has 21 heavy (non-hydrogen) atoms. The number of aromatic nitrogens is 2. The van der Waals surface area contributed by atoms with Crippen LogP contribution in [0.1, 0.15) is 12.5 Å². The monoisotopic (exact) mass is 351 g/mol. The van der Waals surface area contributed by atoms with E-state index in [9.17, 15) is 0 Å². The molecule has 0 aliphatic rings. The van der Waals surface area contributed by atoms with Crippen molar-refractivity contribution in [2.45, 2.75) is 13.5 Å². The number of hydrogen-bond acceptors (Lipinski definition) is 5. The Kier molecular flexibility index (Phi) is 5.38. The molecule has 0 saturated heterocycles. The van der Waals surface area contributed by atoms with Crippen molar-refractivity contribution in [3.8, 4) is 11.5 Å². The fourth-order valence-electron chi connectivity index (χ4n) is 1.99. The lowest BCUT2D eigenvalue weighted by atomic mass is 10.2. The lowest BCUT2D eigenvalue weighted by molar-refractivity contribution is 0.354. The van der Waals surface area contributed by atoms with Gasteiger partial charge in [-0.25, -0.2) is 9.97 Å². The van der Waals surface area contributed by atoms with E-state index in [1.54, 1.807) is 26.6 Å². The van der Waals surface area contributed by atoms with E-state index in [0.29, 0.717) is 12.5 Å². The van der Waals surface area contributed by atoms with Gasteiger partial charge in [0, 0.05) is 25.5 Å². The average molecular weight is 352 g/mol. The van der Waals surface area contributed by atoms with Gasteiger partial charge < -0.3 is 14.4 Å². The molecule has 0 bridgehead atoms. The number of hydrogen-bond donors (Lipinski definition) is 0. The van der Waals surface area contributed by atoms with E-state index in [-0.39, 0.29) is 0 Å². The summed E-state index contributed by atoms with van der Waals surface area (Å²) in [4.78, 5) is 10.8. The Labute approximate surface area is 133 Å². The van der Waals surface area contributed by atoms with Gasteiger partial charge in [0.2, 0.25) is 5.95 Å². The Bertz CT molecular complexity index is 590. The summed E-state index contributed by atoms with van der Waals surface area (Å²) in [6, 6.07) is 5.90. The van der Waals surface area contributed by atoms with Crippen molar-refractivity contribution in [1.29, 1.82) is 0 Å². The van der Waals surface area contributed by atoms with E-state index >= 15 is 0 Å². The molecule has 1 heterocycles. The van der Waals surface area contributed by atoms with Crippen LogP contribution in [0, 0.1) is 0 Å². The van der Waals surface area contributed by atoms with Gasteiger partial charge >= 0.3 is 0 Å². The first-order valence-electron chi connectivity index (χ1n) is 6.61. The molecule has 0 aliphatic carbocycles. The summed E-state index contributed by atoms with van der Waals surface area (Å²) in [5.41, 5.74) is 1.11. The van der Waals surface area contributed by atoms with Crippen LogP contribution in [-0.2, 0) is 6.54 Å². The van der Waals surface area contributed by atoms with Crippen LogP contribution in [0.15, 0.2) is 35.1 Å². The minimum Gasteiger partial charge on any atom is -0.493 e. The Morgan fingerprint density at radius 3 is 2.33 bits per heavy atom. The molecule has 2 rings (SSSR count). The van der Waals surface area contributed by atoms with Crippen LogP contribution in [0.2, 0.25) is 0 Å². The van der Waals surface area contributed by atoms with Crippen LogP contribution < -0.4 is 14.4 Å². The first kappa shape index (κ1) is 15.6. The zero-order chi connectivity index (χ0) is 15.2. The van der Waals surface area contributed by atoms with E-state index in [1.807, 2.05) is 18.2 Å². The summed E-state index contributed by atoms with van der Waals surface area (Å²) in [6.45, 7) is 3.60. The quantitative estimate of drug-likeness (QED) is 0.799. The minimum absolute atomic E-state index is 0.704. The van der Waals surface area contributed by atoms with Crippen LogP contribution in [0.3, 0.4) is 0 Å². The van der Waals surface area contributed by atoms with Crippen molar-refractivity contribution in [2.24, 2.45) is 0 Å². The lowest BCUT2D eigenvalue weighted by Gasteiger charge is -2.21. The third-order valence-corrected chi connectivity index (χ3v) is 3.50. The number of rotatable bonds is 6. The SMILES string of the molecule is CCN(Cc1ccc(OC)c(OC)c1)c1ncc(Br)cn1. The summed E-state index contributed by atoms with van der Waals surface area (Å²) >= 11 is 3.34. The number of nitrogens with zero attached hydrogens (tertiary/aromatic N) is 3. The molecule has 2 aromatic rings. The molecule has 0 unspecified atom stereocenters. The minimum atomic E-state index is 0.704. The highest BCUT2D eigenvalue weighted by Crippen LogP contribution is 2.28. The van der Waals surface area contributed by atoms with Crippen molar-refractivity contribution in [2.75, 3.05) is 25.7 Å². The highest BCUT2D eigenvalue weighted by molar-refractivity contribution is 9.10. The summed E-state index contributed by atoms with van der Waals surface area (Å²) in [6.07, 6.45) is 3.50. The Morgan fingerprint density at radius 1 is 1.10 bits per heavy atom. The Morgan fingerprint density at radius 2 is 1.76 bits per heavy atom. The molecule has 0 fully saturated rings. The van der Waals surface area contributed by atoms with E-state index in [4.69, 9.17) is 9.47 Å². The average Bonchev–Trinajstić information content (AvgIpc) is 2.53. The van der Waals surface area contributed by atoms with Crippen molar-refractivity contribution < 1.29 is 9.47 Å². The number of anilines is 1. The maximum atomic E-state index is 5.33. The number of halogens is 1. The summed E-state index contributed by atoms with van der Waals surface area (Å²) in [5, 5.41) is 0. The van der Waals surface area contributed by atoms with Crippen LogP contribution in [-0.4, -0.2) is 30.7 Å². The molecule has 6 heteroatoms. The maximum Gasteiger partial charge on any atom is 0.225 e. The summed E-state index contributed by atoms with van der Waals surface area (Å²) in [7, 11) is 3.27. The molecular weight excluding hydrogens is 334 g/mol. The second-order valence-electron chi connectivity index (χ2n) is 4.40. The summed E-state index contributed by atoms with van der Waals surface area (Å²) in [5.74, 6) is 2.16. The van der Waals surface area contributed by atoms with Gasteiger partial charge in [0.25, 0.3) is 0 Å². The smallest absolute Gasteiger partial charge is 0.225 e. The van der Waals surface area contributed by atoms with Gasteiger partial charge in [-0.05, 0) is 40.5 Å². The first-order chi connectivity index (χ1) is 10.2. The highest BCUT2D eigenvalue weighted by atomic mass is 79.9. The van der Waals surface area contributed by atoms with Crippen LogP contribution >= 0.6 is 15.9 Å². The molecule has 112 valence electrons. The topological polar surface area (TPSA) is 47.5 Å². The molecule has 0 spiro atoms. The lowest BCUT2D eigenvalue weighted by Crippen LogP contribution is -2.24. The van der Waals surface area contributed by atoms with Crippen molar-refractivity contribution in [1.82, 2.24) is 9.97 Å². The van der Waals surface area contributed by atoms with Gasteiger partial charge in [0.05, 0.1) is 18.7 Å². The maximum absolute atomic E-state index is 5.33. The Hall–Kier alpha value is -1.82. The van der Waals surface area contributed by atoms with Crippen molar-refractivity contribution in [3.05, 3.63) is 40.6 Å². The molecule has 5 nitrogen and oxygen atoms in total. The van der Waals surface area contributed by atoms with E-state index < -0.39 is 0 Å². The van der Waals surface area contributed by atoms with Crippen molar-refractivity contribution in [3.63, 3.8) is 0 Å². The van der Waals surface area contributed by atoms with Gasteiger partial charge in [-0.2, -0.15) is 0 Å². The molecule has 0 atom stereocenters. The third kappa shape index (κ3) is 3.85. The zero-order valence-corrected chi connectivity index (χ0v) is 13.9. The molecule has 0 saturated carbocycles. The van der Waals surface area contributed by atoms with E-state index in [1.165, 1.54) is 0 Å². The number of methoxy groups -OCH3 is 2. The molecule has 1 aromatic carbocycles. The largest absolute Gasteiger partial charge is 0.493 e. The molecular formula is C15H18BrN3O2. The molecule has 0 aliphatic heterocycles. The fourth-order valence-corrected chi connectivity index (χ4v) is 2.20. The highest BCUT2D eigenvalue weighted by Gasteiger charge is 2.10. The van der Waals surface area contributed by atoms with E-state index in [0.717, 1.165) is 28.1 Å². The van der Waals surface area contributed by atoms with Crippen molar-refractivity contribution >= 4 is 21.9 Å². The van der Waals surface area contributed by atoms with Gasteiger partial charge in [0.1, 0.15) is 0 Å². The van der Waals surface area contributed by atoms with Gasteiger partial charge in [0.15, 0.2) is 11.5 Å². The number of ether oxygens (including phenoxy) is 2. The first-order valence-corrected chi connectivity index (χ1v) is 7.40. The van der Waals surface area contributed by atoms with Crippen LogP contribution in [0.4, 0.5) is 5.95 Å². The second-order valence-corrected chi connectivity index (χ2v) is 5.32. The summed E-state index contributed by atoms with van der Waals surface area (Å²) < 4.78 is 11.5. The molecule has 0 radical (unpaired) electrons. The van der Waals surface area contributed by atoms with E-state index in [2.05, 4.69) is 37.7 Å². The third-order valence-electron chi connectivity index (χ3n) is 3.09. The fraction of sp³-hybridized carbons (Fsp3) is 0.333. The predicted molar refractivity (Wildman–Crippen MR) is 86.0 cm³/mol. The number of benzene rings is 1. The second kappa shape index (κ2) is 7.26. The van der Waals surface area contributed by atoms with Crippen LogP contribution in [0.25, 0.3) is 0 Å². The zero-order valence-electron chi connectivity index (χ0n) is 12.3. The predicted octanol–water partition coefficient (Wildman–Crippen LogP) is 3.28. The van der Waals surface area contributed by atoms with Gasteiger partial charge in [-0.3, -0.25) is 0 Å². The van der Waals surface area contributed by atoms with Crippen LogP contribution in [0.5, 0.6) is 11.5 Å². The Balaban J connectivity index is 2.20. The molecule has 0 N–H and O–H groups in total. The standard InChI is InChI=1S/C15H18BrN3O2/c1-4-19(15-17-8-12(16)9-18-15)10-11-5-6-13(20-2)14(7-11)21-3/h5-9H,4,10H2,1-3H3. The normalized spacial score (nSPS) is 10.3. The van der Waals surface area contributed by atoms with Gasteiger partial charge in [-0.15, -0.1) is 0 Å².